The van der Waals surface area contributed by atoms with Gasteiger partial charge in [0.25, 0.3) is 0 Å². The van der Waals surface area contributed by atoms with E-state index in [1.807, 2.05) is 13.0 Å². The van der Waals surface area contributed by atoms with Gasteiger partial charge in [0.1, 0.15) is 5.75 Å². The van der Waals surface area contributed by atoms with Gasteiger partial charge in [0.05, 0.1) is 29.1 Å². The normalized spacial score (nSPS) is 27.2. The first-order valence-electron chi connectivity index (χ1n) is 9.86. The number of aromatic amines is 1. The average molecular weight is 401 g/mol. The minimum Gasteiger partial charge on any atom is -0.495 e. The summed E-state index contributed by atoms with van der Waals surface area (Å²) in [5, 5.41) is 18.2. The molecule has 0 spiro atoms. The molecule has 1 aromatic heterocycles. The Balaban J connectivity index is 1.56. The van der Waals surface area contributed by atoms with Crippen LogP contribution in [0.3, 0.4) is 0 Å². The van der Waals surface area contributed by atoms with Crippen LogP contribution in [0.15, 0.2) is 12.1 Å². The minimum absolute atomic E-state index is 0.0534. The monoisotopic (exact) mass is 400 g/mol. The van der Waals surface area contributed by atoms with Gasteiger partial charge in [-0.05, 0) is 37.8 Å². The second-order valence-corrected chi connectivity index (χ2v) is 8.62. The molecule has 3 fully saturated rings. The molecule has 3 heterocycles. The lowest BCUT2D eigenvalue weighted by Gasteiger charge is -2.58. The number of methoxy groups -OCH3 is 1. The molecule has 1 saturated carbocycles. The maximum absolute atomic E-state index is 13.2. The summed E-state index contributed by atoms with van der Waals surface area (Å²) in [5.41, 5.74) is 1.43. The molecular formula is C21H25ClN4O2. The number of nitrogens with zero attached hydrogens (tertiary/aromatic N) is 3. The highest BCUT2D eigenvalue weighted by molar-refractivity contribution is 6.37. The van der Waals surface area contributed by atoms with Crippen molar-refractivity contribution in [1.82, 2.24) is 15.1 Å². The van der Waals surface area contributed by atoms with E-state index < -0.39 is 0 Å². The van der Waals surface area contributed by atoms with Gasteiger partial charge in [-0.25, -0.2) is 0 Å². The number of nitriles is 1. The standard InChI is InChI=1S/C21H25ClN4O2/c1-4-13-8-21(11-23)9-14(10-21)26(13)17(27)7-12(2)20-18-15(24-25-20)5-6-16(28-3)19(18)22/h5-6,12-14H,4,7-10H2,1-3H3,(H,24,25). The summed E-state index contributed by atoms with van der Waals surface area (Å²) < 4.78 is 5.33. The fourth-order valence-electron chi connectivity index (χ4n) is 4.99. The van der Waals surface area contributed by atoms with Crippen LogP contribution >= 0.6 is 11.6 Å². The number of aromatic nitrogens is 2. The molecule has 1 aromatic carbocycles. The lowest BCUT2D eigenvalue weighted by atomic mass is 9.58. The average Bonchev–Trinajstić information content (AvgIpc) is 3.12. The van der Waals surface area contributed by atoms with E-state index >= 15 is 0 Å². The summed E-state index contributed by atoms with van der Waals surface area (Å²) in [6.07, 6.45) is 3.70. The third-order valence-electron chi connectivity index (χ3n) is 6.51. The molecule has 2 aliphatic heterocycles. The van der Waals surface area contributed by atoms with Gasteiger partial charge in [0.2, 0.25) is 5.91 Å². The molecule has 5 rings (SSSR count). The SMILES string of the molecule is CCC1CC2(C#N)CC(C2)N1C(=O)CC(C)c1[nH]nc2ccc(OC)c(Cl)c12. The van der Waals surface area contributed by atoms with Crippen molar-refractivity contribution in [3.8, 4) is 11.8 Å². The first kappa shape index (κ1) is 19.1. The number of carbonyl (C=O) groups excluding carboxylic acids is 1. The fourth-order valence-corrected chi connectivity index (χ4v) is 5.33. The Morgan fingerprint density at radius 3 is 2.89 bits per heavy atom. The molecule has 1 aliphatic carbocycles. The number of carbonyl (C=O) groups is 1. The Labute approximate surface area is 169 Å². The summed E-state index contributed by atoms with van der Waals surface area (Å²) in [5.74, 6) is 0.694. The smallest absolute Gasteiger partial charge is 0.223 e. The lowest BCUT2D eigenvalue weighted by Crippen LogP contribution is -2.63. The number of piperidine rings is 2. The van der Waals surface area contributed by atoms with Crippen molar-refractivity contribution in [3.63, 3.8) is 0 Å². The number of ether oxygens (including phenoxy) is 1. The molecule has 1 amide bonds. The maximum atomic E-state index is 13.2. The number of hydrogen-bond donors (Lipinski definition) is 1. The molecule has 0 radical (unpaired) electrons. The summed E-state index contributed by atoms with van der Waals surface area (Å²) in [7, 11) is 1.58. The summed E-state index contributed by atoms with van der Waals surface area (Å²) in [4.78, 5) is 15.2. The zero-order valence-electron chi connectivity index (χ0n) is 16.5. The van der Waals surface area contributed by atoms with Gasteiger partial charge in [-0.3, -0.25) is 9.89 Å². The third kappa shape index (κ3) is 2.84. The maximum Gasteiger partial charge on any atom is 0.223 e. The highest BCUT2D eigenvalue weighted by atomic mass is 35.5. The molecule has 2 saturated heterocycles. The van der Waals surface area contributed by atoms with Crippen LogP contribution in [0.4, 0.5) is 0 Å². The molecule has 2 atom stereocenters. The van der Waals surface area contributed by atoms with Crippen LogP contribution in [0.25, 0.3) is 10.9 Å². The van der Waals surface area contributed by atoms with Gasteiger partial charge in [0.15, 0.2) is 0 Å². The van der Waals surface area contributed by atoms with E-state index in [1.165, 1.54) is 0 Å². The van der Waals surface area contributed by atoms with Crippen molar-refractivity contribution >= 4 is 28.4 Å². The van der Waals surface area contributed by atoms with Crippen molar-refractivity contribution in [3.05, 3.63) is 22.8 Å². The molecule has 28 heavy (non-hydrogen) atoms. The van der Waals surface area contributed by atoms with Crippen LogP contribution < -0.4 is 4.74 Å². The number of hydrogen-bond acceptors (Lipinski definition) is 4. The Morgan fingerprint density at radius 2 is 2.25 bits per heavy atom. The number of nitrogens with one attached hydrogen (secondary N) is 1. The van der Waals surface area contributed by atoms with Crippen molar-refractivity contribution in [2.24, 2.45) is 5.41 Å². The van der Waals surface area contributed by atoms with E-state index in [1.54, 1.807) is 13.2 Å². The Morgan fingerprint density at radius 1 is 1.50 bits per heavy atom. The van der Waals surface area contributed by atoms with Gasteiger partial charge in [-0.15, -0.1) is 0 Å². The number of benzene rings is 1. The number of fused-ring (bicyclic) bond motifs is 3. The second-order valence-electron chi connectivity index (χ2n) is 8.24. The molecule has 1 N–H and O–H groups in total. The minimum atomic E-state index is -0.197. The number of rotatable bonds is 5. The first-order chi connectivity index (χ1) is 13.4. The number of halogens is 1. The summed E-state index contributed by atoms with van der Waals surface area (Å²) >= 11 is 6.51. The van der Waals surface area contributed by atoms with Crippen molar-refractivity contribution in [2.75, 3.05) is 7.11 Å². The predicted molar refractivity (Wildman–Crippen MR) is 107 cm³/mol. The van der Waals surface area contributed by atoms with Gasteiger partial charge >= 0.3 is 0 Å². The van der Waals surface area contributed by atoms with E-state index in [4.69, 9.17) is 16.3 Å². The Kier molecular flexibility index (Phi) is 4.75. The van der Waals surface area contributed by atoms with Crippen molar-refractivity contribution < 1.29 is 9.53 Å². The molecule has 148 valence electrons. The summed E-state index contributed by atoms with van der Waals surface area (Å²) in [6, 6.07) is 6.52. The highest BCUT2D eigenvalue weighted by Crippen LogP contribution is 2.53. The number of amides is 1. The molecular weight excluding hydrogens is 376 g/mol. The van der Waals surface area contributed by atoms with Crippen LogP contribution in [-0.2, 0) is 4.79 Å². The van der Waals surface area contributed by atoms with Crippen LogP contribution in [0, 0.1) is 16.7 Å². The fraction of sp³-hybridized carbons (Fsp3) is 0.571. The zero-order valence-corrected chi connectivity index (χ0v) is 17.2. The van der Waals surface area contributed by atoms with E-state index in [0.29, 0.717) is 17.2 Å². The van der Waals surface area contributed by atoms with E-state index in [-0.39, 0.29) is 29.3 Å². The van der Waals surface area contributed by atoms with Crippen molar-refractivity contribution in [1.29, 1.82) is 5.26 Å². The highest BCUT2D eigenvalue weighted by Gasteiger charge is 2.55. The van der Waals surface area contributed by atoms with Crippen LogP contribution in [0.2, 0.25) is 5.02 Å². The van der Waals surface area contributed by atoms with Gasteiger partial charge < -0.3 is 9.64 Å². The van der Waals surface area contributed by atoms with Crippen LogP contribution in [0.1, 0.15) is 57.6 Å². The van der Waals surface area contributed by atoms with Crippen LogP contribution in [-0.4, -0.2) is 40.2 Å². The molecule has 2 unspecified atom stereocenters. The van der Waals surface area contributed by atoms with E-state index in [2.05, 4.69) is 28.1 Å². The largest absolute Gasteiger partial charge is 0.495 e. The van der Waals surface area contributed by atoms with Crippen molar-refractivity contribution in [2.45, 2.75) is 64.0 Å². The molecule has 2 bridgehead atoms. The molecule has 7 heteroatoms. The lowest BCUT2D eigenvalue weighted by molar-refractivity contribution is -0.152. The van der Waals surface area contributed by atoms with E-state index in [0.717, 1.165) is 42.3 Å². The third-order valence-corrected chi connectivity index (χ3v) is 6.88. The van der Waals surface area contributed by atoms with Crippen LogP contribution in [0.5, 0.6) is 5.75 Å². The Bertz CT molecular complexity index is 957. The first-order valence-corrected chi connectivity index (χ1v) is 10.2. The molecule has 2 aromatic rings. The molecule has 3 aliphatic rings. The Hall–Kier alpha value is -2.26. The van der Waals surface area contributed by atoms with E-state index in [9.17, 15) is 10.1 Å². The van der Waals surface area contributed by atoms with Gasteiger partial charge in [-0.2, -0.15) is 10.4 Å². The second kappa shape index (κ2) is 6.97. The topological polar surface area (TPSA) is 82.0 Å². The zero-order chi connectivity index (χ0) is 20.1. The quantitative estimate of drug-likeness (QED) is 0.806. The van der Waals surface area contributed by atoms with Gasteiger partial charge in [-0.1, -0.05) is 25.4 Å². The molecule has 6 nitrogen and oxygen atoms in total. The number of H-pyrrole nitrogens is 1. The summed E-state index contributed by atoms with van der Waals surface area (Å²) in [6.45, 7) is 4.12. The van der Waals surface area contributed by atoms with Gasteiger partial charge in [0, 0.05) is 35.5 Å². The predicted octanol–water partition coefficient (Wildman–Crippen LogP) is 4.40.